The maximum absolute atomic E-state index is 13.5. The molecule has 5 nitrogen and oxygen atoms in total. The molecule has 0 aromatic carbocycles. The molecule has 3 atom stereocenters. The van der Waals surface area contributed by atoms with Crippen molar-refractivity contribution in [2.45, 2.75) is 166 Å². The van der Waals surface area contributed by atoms with Gasteiger partial charge in [-0.25, -0.2) is 0 Å². The number of carbonyl (C=O) groups is 2. The highest BCUT2D eigenvalue weighted by Crippen LogP contribution is 2.50. The maximum atomic E-state index is 13.5. The number of ether oxygens (including phenoxy) is 2. The first-order chi connectivity index (χ1) is 20.6. The molecule has 0 aromatic rings. The second-order valence-electron chi connectivity index (χ2n) is 15.4. The SMILES string of the molecule is CCC(CC(CC(CC(=O)CCOCCOCCNC(=O)C(C)C)C(C)(C)SC(C)C)C(C)(C)SC(C)C)C(C)(C)SC(C)C. The lowest BCUT2D eigenvalue weighted by Crippen LogP contribution is -2.41. The molecule has 0 aliphatic rings. The van der Waals surface area contributed by atoms with Crippen molar-refractivity contribution >= 4 is 47.0 Å². The quantitative estimate of drug-likeness (QED) is 0.0906. The van der Waals surface area contributed by atoms with Gasteiger partial charge in [0.1, 0.15) is 5.78 Å². The Bertz CT molecular complexity index is 826. The first kappa shape index (κ1) is 45.1. The van der Waals surface area contributed by atoms with Gasteiger partial charge in [0.15, 0.2) is 0 Å². The van der Waals surface area contributed by atoms with Gasteiger partial charge in [0.2, 0.25) is 5.91 Å². The summed E-state index contributed by atoms with van der Waals surface area (Å²) in [7, 11) is 0. The summed E-state index contributed by atoms with van der Waals surface area (Å²) in [5.74, 6) is 1.72. The number of thioether (sulfide) groups is 3. The Balaban J connectivity index is 5.58. The van der Waals surface area contributed by atoms with Gasteiger partial charge in [-0.1, -0.05) is 110 Å². The Morgan fingerprint density at radius 1 is 0.622 bits per heavy atom. The fraction of sp³-hybridized carbons (Fsp3) is 0.946. The minimum absolute atomic E-state index is 0.00967. The molecule has 1 amide bonds. The van der Waals surface area contributed by atoms with Crippen LogP contribution in [0.3, 0.4) is 0 Å². The number of hydrogen-bond donors (Lipinski definition) is 1. The molecular formula is C37H73NO4S3. The average Bonchev–Trinajstić information content (AvgIpc) is 2.86. The van der Waals surface area contributed by atoms with Gasteiger partial charge in [-0.15, -0.1) is 0 Å². The summed E-state index contributed by atoms with van der Waals surface area (Å²) >= 11 is 6.24. The predicted molar refractivity (Wildman–Crippen MR) is 204 cm³/mol. The van der Waals surface area contributed by atoms with Crippen LogP contribution in [0.15, 0.2) is 0 Å². The number of amides is 1. The van der Waals surface area contributed by atoms with Gasteiger partial charge < -0.3 is 14.8 Å². The summed E-state index contributed by atoms with van der Waals surface area (Å²) in [6.07, 6.45) is 4.46. The van der Waals surface area contributed by atoms with E-state index in [0.717, 1.165) is 6.42 Å². The van der Waals surface area contributed by atoms with Gasteiger partial charge in [-0.2, -0.15) is 35.3 Å². The van der Waals surface area contributed by atoms with E-state index in [-0.39, 0.29) is 32.0 Å². The minimum atomic E-state index is -0.0227. The van der Waals surface area contributed by atoms with Crippen LogP contribution in [0.5, 0.6) is 0 Å². The Morgan fingerprint density at radius 3 is 1.49 bits per heavy atom. The van der Waals surface area contributed by atoms with E-state index in [2.05, 4.69) is 119 Å². The zero-order valence-corrected chi connectivity index (χ0v) is 34.4. The van der Waals surface area contributed by atoms with Gasteiger partial charge in [-0.3, -0.25) is 9.59 Å². The van der Waals surface area contributed by atoms with Crippen LogP contribution in [0.2, 0.25) is 0 Å². The highest BCUT2D eigenvalue weighted by atomic mass is 32.2. The third-order valence-electron chi connectivity index (χ3n) is 8.64. The van der Waals surface area contributed by atoms with Crippen LogP contribution < -0.4 is 5.32 Å². The van der Waals surface area contributed by atoms with Crippen molar-refractivity contribution in [1.29, 1.82) is 0 Å². The standard InChI is InChI=1S/C37H73NO4S3/c1-16-30(35(10,11)43-27(4)5)23-31(36(12,13)44-28(6)7)24-32(37(14,15)45-29(8)9)25-33(39)17-19-41-21-22-42-20-18-38-34(40)26(2)3/h26-32H,16-25H2,1-15H3,(H,38,40). The number of ketones is 1. The fourth-order valence-corrected chi connectivity index (χ4v) is 11.2. The van der Waals surface area contributed by atoms with Crippen molar-refractivity contribution in [3.8, 4) is 0 Å². The van der Waals surface area contributed by atoms with E-state index >= 15 is 0 Å². The molecule has 45 heavy (non-hydrogen) atoms. The maximum Gasteiger partial charge on any atom is 0.222 e. The monoisotopic (exact) mass is 691 g/mol. The van der Waals surface area contributed by atoms with E-state index < -0.39 is 0 Å². The topological polar surface area (TPSA) is 64.6 Å². The molecule has 0 fully saturated rings. The molecule has 0 saturated carbocycles. The average molecular weight is 692 g/mol. The number of carbonyl (C=O) groups excluding carboxylic acids is 2. The summed E-state index contributed by atoms with van der Waals surface area (Å²) in [6.45, 7) is 36.7. The lowest BCUT2D eigenvalue weighted by Gasteiger charge is -2.45. The molecule has 0 aromatic heterocycles. The molecule has 0 bridgehead atoms. The molecule has 0 aliphatic heterocycles. The fourth-order valence-electron chi connectivity index (χ4n) is 6.35. The van der Waals surface area contributed by atoms with E-state index in [4.69, 9.17) is 9.47 Å². The molecule has 1 N–H and O–H groups in total. The Kier molecular flexibility index (Phi) is 22.0. The van der Waals surface area contributed by atoms with Crippen molar-refractivity contribution < 1.29 is 19.1 Å². The van der Waals surface area contributed by atoms with Crippen molar-refractivity contribution in [2.24, 2.45) is 23.7 Å². The molecule has 0 saturated heterocycles. The van der Waals surface area contributed by atoms with Crippen LogP contribution in [-0.4, -0.2) is 74.7 Å². The minimum Gasteiger partial charge on any atom is -0.379 e. The predicted octanol–water partition coefficient (Wildman–Crippen LogP) is 9.94. The van der Waals surface area contributed by atoms with E-state index in [1.807, 2.05) is 25.6 Å². The molecule has 0 radical (unpaired) electrons. The number of hydrogen-bond acceptors (Lipinski definition) is 7. The molecule has 0 spiro atoms. The Labute approximate surface area is 292 Å². The number of nitrogens with one attached hydrogen (secondary N) is 1. The largest absolute Gasteiger partial charge is 0.379 e. The summed E-state index contributed by atoms with van der Waals surface area (Å²) in [6, 6.07) is 0. The summed E-state index contributed by atoms with van der Waals surface area (Å²) in [5, 5.41) is 4.50. The van der Waals surface area contributed by atoms with Gasteiger partial charge >= 0.3 is 0 Å². The van der Waals surface area contributed by atoms with E-state index in [0.29, 0.717) is 79.2 Å². The third-order valence-corrected chi connectivity index (χ3v) is 12.9. The number of Topliss-reactive ketones (excluding diaryl/α,β-unsaturated/α-hetero) is 1. The van der Waals surface area contributed by atoms with Crippen LogP contribution in [0.1, 0.15) is 136 Å². The van der Waals surface area contributed by atoms with Crippen molar-refractivity contribution in [3.05, 3.63) is 0 Å². The zero-order valence-electron chi connectivity index (χ0n) is 32.0. The second-order valence-corrected chi connectivity index (χ2v) is 22.1. The molecule has 268 valence electrons. The van der Waals surface area contributed by atoms with Gasteiger partial charge in [0.25, 0.3) is 0 Å². The van der Waals surface area contributed by atoms with E-state index in [9.17, 15) is 9.59 Å². The summed E-state index contributed by atoms with van der Waals surface area (Å²) < 4.78 is 11.7. The zero-order chi connectivity index (χ0) is 35.0. The Hall–Kier alpha value is 0.110. The summed E-state index contributed by atoms with van der Waals surface area (Å²) in [4.78, 5) is 25.1. The first-order valence-corrected chi connectivity index (χ1v) is 20.3. The van der Waals surface area contributed by atoms with Crippen molar-refractivity contribution in [1.82, 2.24) is 5.32 Å². The molecule has 8 heteroatoms. The highest BCUT2D eigenvalue weighted by Gasteiger charge is 2.42. The van der Waals surface area contributed by atoms with E-state index in [1.165, 1.54) is 12.8 Å². The van der Waals surface area contributed by atoms with Crippen molar-refractivity contribution in [2.75, 3.05) is 33.0 Å². The second kappa shape index (κ2) is 22.0. The third kappa shape index (κ3) is 19.6. The van der Waals surface area contributed by atoms with Gasteiger partial charge in [-0.05, 0) is 46.3 Å². The molecular weight excluding hydrogens is 619 g/mol. The van der Waals surface area contributed by atoms with Gasteiger partial charge in [0.05, 0.1) is 26.4 Å². The van der Waals surface area contributed by atoms with Crippen LogP contribution in [0.4, 0.5) is 0 Å². The molecule has 0 rings (SSSR count). The summed E-state index contributed by atoms with van der Waals surface area (Å²) in [5.41, 5.74) is 0. The molecule has 3 unspecified atom stereocenters. The normalized spacial score (nSPS) is 15.3. The lowest BCUT2D eigenvalue weighted by atomic mass is 9.72. The van der Waals surface area contributed by atoms with Crippen LogP contribution >= 0.6 is 35.3 Å². The number of rotatable bonds is 26. The highest BCUT2D eigenvalue weighted by molar-refractivity contribution is 8.01. The molecule has 0 aliphatic carbocycles. The van der Waals surface area contributed by atoms with Crippen LogP contribution in [0, 0.1) is 23.7 Å². The van der Waals surface area contributed by atoms with Crippen molar-refractivity contribution in [3.63, 3.8) is 0 Å². The molecule has 0 heterocycles. The van der Waals surface area contributed by atoms with E-state index in [1.54, 1.807) is 0 Å². The first-order valence-electron chi connectivity index (χ1n) is 17.6. The van der Waals surface area contributed by atoms with Crippen LogP contribution in [0.25, 0.3) is 0 Å². The lowest BCUT2D eigenvalue weighted by molar-refractivity contribution is -0.124. The Morgan fingerprint density at radius 2 is 1.04 bits per heavy atom. The van der Waals surface area contributed by atoms with Gasteiger partial charge in [0, 0.05) is 39.5 Å². The smallest absolute Gasteiger partial charge is 0.222 e. The van der Waals surface area contributed by atoms with Crippen LogP contribution in [-0.2, 0) is 19.1 Å².